The molecule has 0 aliphatic carbocycles. The lowest BCUT2D eigenvalue weighted by molar-refractivity contribution is -0.148. The highest BCUT2D eigenvalue weighted by Crippen LogP contribution is 2.19. The second kappa shape index (κ2) is 15.3. The zero-order valence-corrected chi connectivity index (χ0v) is 19.4. The molecule has 0 aliphatic heterocycles. The van der Waals surface area contributed by atoms with Crippen LogP contribution in [0.5, 0.6) is 0 Å². The third kappa shape index (κ3) is 11.4. The molecule has 2 aromatic carbocycles. The highest BCUT2D eigenvalue weighted by molar-refractivity contribution is 8.00. The summed E-state index contributed by atoms with van der Waals surface area (Å²) in [5.74, 6) is -1.26. The van der Waals surface area contributed by atoms with Gasteiger partial charge in [-0.3, -0.25) is 19.2 Å². The Morgan fingerprint density at radius 1 is 0.774 bits per heavy atom. The molecule has 6 nitrogen and oxygen atoms in total. The van der Waals surface area contributed by atoms with Crippen molar-refractivity contribution in [3.8, 4) is 0 Å². The zero-order chi connectivity index (χ0) is 23.1. The lowest BCUT2D eigenvalue weighted by Crippen LogP contribution is -2.23. The van der Waals surface area contributed by atoms with Crippen LogP contribution in [0.25, 0.3) is 0 Å². The molecule has 31 heavy (non-hydrogen) atoms. The Kier molecular flexibility index (Phi) is 13.0. The fraction of sp³-hybridized carbons (Fsp3) is 0.304. The van der Waals surface area contributed by atoms with Gasteiger partial charge in [-0.05, 0) is 31.2 Å². The first-order valence-corrected chi connectivity index (χ1v) is 11.4. The van der Waals surface area contributed by atoms with Gasteiger partial charge in [0.1, 0.15) is 12.3 Å². The number of methoxy groups -OCH3 is 2. The molecular weight excluding hydrogens is 436 g/mol. The molecule has 166 valence electrons. The summed E-state index contributed by atoms with van der Waals surface area (Å²) in [5.41, 5.74) is 0. The maximum atomic E-state index is 11.6. The largest absolute Gasteiger partial charge is 0.469 e. The van der Waals surface area contributed by atoms with Crippen LogP contribution in [0.15, 0.2) is 70.5 Å². The summed E-state index contributed by atoms with van der Waals surface area (Å²) in [6.45, 7) is 1.57. The monoisotopic (exact) mass is 462 g/mol. The van der Waals surface area contributed by atoms with Gasteiger partial charge in [0.05, 0.1) is 25.7 Å². The Hall–Kier alpha value is -2.58. The lowest BCUT2D eigenvalue weighted by atomic mass is 10.1. The molecule has 0 saturated heterocycles. The normalized spacial score (nSPS) is 10.8. The van der Waals surface area contributed by atoms with Crippen LogP contribution < -0.4 is 0 Å². The summed E-state index contributed by atoms with van der Waals surface area (Å²) in [4.78, 5) is 46.8. The number of esters is 2. The molecule has 0 N–H and O–H groups in total. The molecule has 0 fully saturated rings. The van der Waals surface area contributed by atoms with E-state index in [1.165, 1.54) is 37.7 Å². The fourth-order valence-corrected chi connectivity index (χ4v) is 3.76. The predicted molar refractivity (Wildman–Crippen MR) is 122 cm³/mol. The summed E-state index contributed by atoms with van der Waals surface area (Å²) in [6.07, 6.45) is -0.143. The smallest absolute Gasteiger partial charge is 0.315 e. The van der Waals surface area contributed by atoms with Crippen LogP contribution in [0.1, 0.15) is 13.3 Å². The Bertz CT molecular complexity index is 840. The highest BCUT2D eigenvalue weighted by atomic mass is 32.2. The van der Waals surface area contributed by atoms with E-state index in [1.54, 1.807) is 6.92 Å². The van der Waals surface area contributed by atoms with Gasteiger partial charge in [-0.1, -0.05) is 36.4 Å². The quantitative estimate of drug-likeness (QED) is 0.297. The van der Waals surface area contributed by atoms with Crippen molar-refractivity contribution in [2.24, 2.45) is 5.92 Å². The summed E-state index contributed by atoms with van der Waals surface area (Å²) in [5, 5.41) is 0. The molecule has 8 heteroatoms. The number of carbonyl (C=O) groups excluding carboxylic acids is 4. The minimum atomic E-state index is -0.679. The number of hydrogen-bond donors (Lipinski definition) is 0. The van der Waals surface area contributed by atoms with Gasteiger partial charge < -0.3 is 9.47 Å². The topological polar surface area (TPSA) is 86.7 Å². The number of carbonyl (C=O) groups is 4. The molecular formula is C23H26O6S2. The number of ketones is 2. The van der Waals surface area contributed by atoms with Crippen LogP contribution in [-0.4, -0.2) is 49.2 Å². The number of rotatable bonds is 10. The Morgan fingerprint density at radius 3 is 1.71 bits per heavy atom. The van der Waals surface area contributed by atoms with Gasteiger partial charge in [0.25, 0.3) is 0 Å². The van der Waals surface area contributed by atoms with Crippen LogP contribution in [0.4, 0.5) is 0 Å². The number of Topliss-reactive ketones (excluding diaryl/α,β-unsaturated/α-hetero) is 2. The summed E-state index contributed by atoms with van der Waals surface area (Å²) in [6, 6.07) is 19.2. The number of ether oxygens (including phenoxy) is 2. The second-order valence-corrected chi connectivity index (χ2v) is 8.30. The van der Waals surface area contributed by atoms with Crippen molar-refractivity contribution in [2.45, 2.75) is 23.1 Å². The van der Waals surface area contributed by atoms with E-state index in [2.05, 4.69) is 9.47 Å². The number of hydrogen-bond acceptors (Lipinski definition) is 8. The molecule has 1 atom stereocenters. The van der Waals surface area contributed by atoms with Gasteiger partial charge in [-0.25, -0.2) is 0 Å². The average Bonchev–Trinajstić information content (AvgIpc) is 2.81. The van der Waals surface area contributed by atoms with E-state index in [4.69, 9.17) is 0 Å². The maximum absolute atomic E-state index is 11.6. The SMILES string of the molecule is COC(=O)C(C)C(=O)CSc1ccccc1.COC(=O)CC(=O)CSc1ccccc1. The van der Waals surface area contributed by atoms with E-state index < -0.39 is 17.9 Å². The second-order valence-electron chi connectivity index (χ2n) is 6.21. The molecule has 2 aromatic rings. The van der Waals surface area contributed by atoms with Gasteiger partial charge in [0.2, 0.25) is 0 Å². The molecule has 0 aromatic heterocycles. The third-order valence-corrected chi connectivity index (χ3v) is 5.98. The number of thioether (sulfide) groups is 2. The predicted octanol–water partition coefficient (Wildman–Crippen LogP) is 4.07. The molecule has 0 amide bonds. The van der Waals surface area contributed by atoms with Crippen LogP contribution in [0.3, 0.4) is 0 Å². The van der Waals surface area contributed by atoms with Crippen molar-refractivity contribution < 1.29 is 28.7 Å². The average molecular weight is 463 g/mol. The van der Waals surface area contributed by atoms with Crippen molar-refractivity contribution in [2.75, 3.05) is 25.7 Å². The van der Waals surface area contributed by atoms with Crippen molar-refractivity contribution >= 4 is 47.0 Å². The standard InChI is InChI=1S/C12H14O3S.C11H12O3S/c1-9(12(14)15-2)11(13)8-16-10-6-4-3-5-7-10;1-14-11(13)7-9(12)8-15-10-5-3-2-4-6-10/h3-7,9H,8H2,1-2H3;2-6H,7-8H2,1H3. The van der Waals surface area contributed by atoms with E-state index in [1.807, 2.05) is 60.7 Å². The van der Waals surface area contributed by atoms with Gasteiger partial charge >= 0.3 is 11.9 Å². The van der Waals surface area contributed by atoms with E-state index in [9.17, 15) is 19.2 Å². The first-order valence-electron chi connectivity index (χ1n) is 9.42. The summed E-state index contributed by atoms with van der Waals surface area (Å²) in [7, 11) is 2.57. The minimum Gasteiger partial charge on any atom is -0.469 e. The van der Waals surface area contributed by atoms with Crippen molar-refractivity contribution in [3.05, 3.63) is 60.7 Å². The maximum Gasteiger partial charge on any atom is 0.315 e. The van der Waals surface area contributed by atoms with Crippen LogP contribution in [0.2, 0.25) is 0 Å². The van der Waals surface area contributed by atoms with Crippen molar-refractivity contribution in [3.63, 3.8) is 0 Å². The van der Waals surface area contributed by atoms with Gasteiger partial charge in [0, 0.05) is 9.79 Å². The summed E-state index contributed by atoms with van der Waals surface area (Å²) < 4.78 is 8.92. The molecule has 0 heterocycles. The molecule has 1 unspecified atom stereocenters. The van der Waals surface area contributed by atoms with E-state index >= 15 is 0 Å². The molecule has 0 aliphatic rings. The van der Waals surface area contributed by atoms with Crippen LogP contribution in [0, 0.1) is 5.92 Å². The zero-order valence-electron chi connectivity index (χ0n) is 17.7. The Morgan fingerprint density at radius 2 is 1.26 bits per heavy atom. The van der Waals surface area contributed by atoms with E-state index in [0.29, 0.717) is 11.5 Å². The molecule has 0 bridgehead atoms. The van der Waals surface area contributed by atoms with Crippen LogP contribution >= 0.6 is 23.5 Å². The molecule has 0 radical (unpaired) electrons. The first-order chi connectivity index (χ1) is 14.9. The molecule has 2 rings (SSSR count). The first kappa shape index (κ1) is 26.5. The molecule has 0 saturated carbocycles. The van der Waals surface area contributed by atoms with Crippen molar-refractivity contribution in [1.29, 1.82) is 0 Å². The fourth-order valence-electron chi connectivity index (χ4n) is 2.07. The lowest BCUT2D eigenvalue weighted by Gasteiger charge is -2.07. The van der Waals surface area contributed by atoms with Gasteiger partial charge in [-0.15, -0.1) is 23.5 Å². The van der Waals surface area contributed by atoms with Crippen molar-refractivity contribution in [1.82, 2.24) is 0 Å². The number of benzene rings is 2. The van der Waals surface area contributed by atoms with E-state index in [-0.39, 0.29) is 18.0 Å². The third-order valence-electron chi connectivity index (χ3n) is 3.87. The summed E-state index contributed by atoms with van der Waals surface area (Å²) >= 11 is 2.85. The molecule has 0 spiro atoms. The Labute approximate surface area is 191 Å². The highest BCUT2D eigenvalue weighted by Gasteiger charge is 2.21. The minimum absolute atomic E-state index is 0.110. The van der Waals surface area contributed by atoms with Crippen LogP contribution in [-0.2, 0) is 28.7 Å². The van der Waals surface area contributed by atoms with E-state index in [0.717, 1.165) is 9.79 Å². The Balaban J connectivity index is 0.000000311. The van der Waals surface area contributed by atoms with Gasteiger partial charge in [0.15, 0.2) is 11.6 Å². The van der Waals surface area contributed by atoms with Gasteiger partial charge in [-0.2, -0.15) is 0 Å².